The number of nitrogens with zero attached hydrogens (tertiary/aromatic N) is 2. The van der Waals surface area contributed by atoms with Crippen LogP contribution in [0, 0.1) is 5.92 Å². The molecule has 1 atom stereocenters. The molecule has 1 aromatic rings. The molecule has 0 fully saturated rings. The molecule has 1 aromatic heterocycles. The van der Waals surface area contributed by atoms with Gasteiger partial charge >= 0.3 is 0 Å². The van der Waals surface area contributed by atoms with Crippen molar-refractivity contribution in [2.45, 2.75) is 17.8 Å². The minimum atomic E-state index is -0.680. The van der Waals surface area contributed by atoms with Crippen LogP contribution in [-0.2, 0) is 3.91 Å². The van der Waals surface area contributed by atoms with Crippen molar-refractivity contribution in [1.29, 1.82) is 0 Å². The smallest absolute Gasteiger partial charge is 0.192 e. The predicted octanol–water partition coefficient (Wildman–Crippen LogP) is 3.44. The lowest BCUT2D eigenvalue weighted by Gasteiger charge is -2.24. The van der Waals surface area contributed by atoms with Crippen LogP contribution in [0.4, 0.5) is 0 Å². The Labute approximate surface area is 90.0 Å². The molecule has 68 valence electrons. The summed E-state index contributed by atoms with van der Waals surface area (Å²) in [6.45, 7) is 3.99. The van der Waals surface area contributed by atoms with Crippen LogP contribution in [0.5, 0.6) is 0 Å². The van der Waals surface area contributed by atoms with Crippen molar-refractivity contribution in [2.24, 2.45) is 5.92 Å². The van der Waals surface area contributed by atoms with Crippen molar-refractivity contribution in [3.05, 3.63) is 17.4 Å². The summed E-state index contributed by atoms with van der Waals surface area (Å²) in [7, 11) is 0. The van der Waals surface area contributed by atoms with Crippen molar-refractivity contribution in [2.75, 3.05) is 0 Å². The van der Waals surface area contributed by atoms with E-state index < -0.39 is 3.91 Å². The van der Waals surface area contributed by atoms with E-state index in [1.165, 1.54) is 0 Å². The molecule has 0 N–H and O–H groups in total. The maximum atomic E-state index is 6.17. The lowest BCUT2D eigenvalue weighted by Crippen LogP contribution is -2.26. The molecular weight excluding hydrogens is 263 g/mol. The minimum absolute atomic E-state index is 0.218. The molecule has 1 unspecified atom stereocenters. The summed E-state index contributed by atoms with van der Waals surface area (Å²) in [5.74, 6) is 0.218. The summed E-state index contributed by atoms with van der Waals surface area (Å²) >= 11 is 15.3. The maximum Gasteiger partial charge on any atom is 0.192 e. The van der Waals surface area contributed by atoms with Gasteiger partial charge in [-0.3, -0.25) is 0 Å². The molecule has 0 saturated carbocycles. The zero-order valence-electron chi connectivity index (χ0n) is 6.76. The van der Waals surface area contributed by atoms with Gasteiger partial charge < -0.3 is 0 Å². The maximum absolute atomic E-state index is 6.17. The second-order valence-electron chi connectivity index (χ2n) is 2.85. The Morgan fingerprint density at radius 1 is 1.67 bits per heavy atom. The van der Waals surface area contributed by atoms with Crippen LogP contribution in [0.1, 0.15) is 13.8 Å². The molecule has 0 aromatic carbocycles. The molecule has 0 aliphatic carbocycles. The fourth-order valence-electron chi connectivity index (χ4n) is 0.728. The minimum Gasteiger partial charge on any atom is -0.239 e. The Bertz CT molecular complexity index is 270. The van der Waals surface area contributed by atoms with E-state index in [2.05, 4.69) is 21.0 Å². The van der Waals surface area contributed by atoms with Crippen molar-refractivity contribution in [1.82, 2.24) is 9.78 Å². The number of rotatable bonds is 2. The third-order valence-corrected chi connectivity index (χ3v) is 3.63. The first-order chi connectivity index (χ1) is 5.44. The lowest BCUT2D eigenvalue weighted by molar-refractivity contribution is 0.425. The molecule has 5 heteroatoms. The fraction of sp³-hybridized carbons (Fsp3) is 0.571. The topological polar surface area (TPSA) is 17.8 Å². The molecular formula is C7H9BrCl2N2. The highest BCUT2D eigenvalue weighted by molar-refractivity contribution is 9.10. The van der Waals surface area contributed by atoms with Gasteiger partial charge in [0.2, 0.25) is 0 Å². The number of aromatic nitrogens is 2. The van der Waals surface area contributed by atoms with Gasteiger partial charge in [0.15, 0.2) is 3.91 Å². The predicted molar refractivity (Wildman–Crippen MR) is 54.8 cm³/mol. The van der Waals surface area contributed by atoms with Gasteiger partial charge in [0.05, 0.1) is 11.2 Å². The van der Waals surface area contributed by atoms with Gasteiger partial charge in [-0.2, -0.15) is 5.10 Å². The van der Waals surface area contributed by atoms with E-state index in [4.69, 9.17) is 23.2 Å². The van der Waals surface area contributed by atoms with Gasteiger partial charge in [-0.15, -0.1) is 0 Å². The van der Waals surface area contributed by atoms with Gasteiger partial charge in [-0.1, -0.05) is 37.0 Å². The molecule has 1 heterocycles. The summed E-state index contributed by atoms with van der Waals surface area (Å²) in [6, 6.07) is 0. The van der Waals surface area contributed by atoms with E-state index in [9.17, 15) is 0 Å². The Kier molecular flexibility index (Phi) is 3.07. The molecule has 12 heavy (non-hydrogen) atoms. The average molecular weight is 272 g/mol. The monoisotopic (exact) mass is 270 g/mol. The van der Waals surface area contributed by atoms with Gasteiger partial charge in [0, 0.05) is 12.1 Å². The molecule has 2 nitrogen and oxygen atoms in total. The van der Waals surface area contributed by atoms with Crippen molar-refractivity contribution < 1.29 is 0 Å². The van der Waals surface area contributed by atoms with E-state index in [1.807, 2.05) is 13.8 Å². The van der Waals surface area contributed by atoms with Gasteiger partial charge in [-0.05, 0) is 15.9 Å². The molecule has 0 aliphatic rings. The van der Waals surface area contributed by atoms with Gasteiger partial charge in [0.1, 0.15) is 0 Å². The molecule has 0 radical (unpaired) electrons. The van der Waals surface area contributed by atoms with Crippen LogP contribution in [0.2, 0.25) is 5.02 Å². The third kappa shape index (κ3) is 1.95. The van der Waals surface area contributed by atoms with Crippen LogP contribution in [0.15, 0.2) is 12.4 Å². The van der Waals surface area contributed by atoms with Crippen LogP contribution in [-0.4, -0.2) is 9.78 Å². The quantitative estimate of drug-likeness (QED) is 0.754. The highest BCUT2D eigenvalue weighted by Gasteiger charge is 2.30. The Morgan fingerprint density at radius 3 is 2.58 bits per heavy atom. The van der Waals surface area contributed by atoms with Crippen molar-refractivity contribution in [3.8, 4) is 0 Å². The summed E-state index contributed by atoms with van der Waals surface area (Å²) < 4.78 is 0.918. The van der Waals surface area contributed by atoms with E-state index >= 15 is 0 Å². The second-order valence-corrected chi connectivity index (χ2v) is 5.52. The molecule has 0 aliphatic heterocycles. The number of alkyl halides is 2. The number of hydrogen-bond acceptors (Lipinski definition) is 1. The van der Waals surface area contributed by atoms with E-state index in [-0.39, 0.29) is 5.92 Å². The molecule has 0 spiro atoms. The fourth-order valence-corrected chi connectivity index (χ4v) is 1.15. The summed E-state index contributed by atoms with van der Waals surface area (Å²) in [5, 5.41) is 4.60. The summed E-state index contributed by atoms with van der Waals surface area (Å²) in [4.78, 5) is 0. The van der Waals surface area contributed by atoms with Gasteiger partial charge in [-0.25, -0.2) is 4.68 Å². The zero-order valence-corrected chi connectivity index (χ0v) is 9.86. The van der Waals surface area contributed by atoms with Crippen molar-refractivity contribution >= 4 is 39.1 Å². The number of halogens is 3. The van der Waals surface area contributed by atoms with Crippen LogP contribution >= 0.6 is 39.1 Å². The largest absolute Gasteiger partial charge is 0.239 e. The normalized spacial score (nSPS) is 16.5. The standard InChI is InChI=1S/C7H9BrCl2N2/c1-5(2)7(8,10)12-4-6(9)3-11-12/h3-5H,1-2H3. The van der Waals surface area contributed by atoms with Gasteiger partial charge in [0.25, 0.3) is 0 Å². The molecule has 1 rings (SSSR count). The highest BCUT2D eigenvalue weighted by Crippen LogP contribution is 2.37. The molecule has 0 amide bonds. The van der Waals surface area contributed by atoms with Crippen LogP contribution < -0.4 is 0 Å². The van der Waals surface area contributed by atoms with Crippen molar-refractivity contribution in [3.63, 3.8) is 0 Å². The third-order valence-electron chi connectivity index (χ3n) is 1.55. The van der Waals surface area contributed by atoms with E-state index in [0.29, 0.717) is 5.02 Å². The van der Waals surface area contributed by atoms with Crippen LogP contribution in [0.3, 0.4) is 0 Å². The summed E-state index contributed by atoms with van der Waals surface area (Å²) in [5.41, 5.74) is 0. The van der Waals surface area contributed by atoms with E-state index in [1.54, 1.807) is 17.1 Å². The second kappa shape index (κ2) is 3.56. The SMILES string of the molecule is CC(C)C(Cl)(Br)n1cc(Cl)cn1. The lowest BCUT2D eigenvalue weighted by atomic mass is 10.2. The first-order valence-corrected chi connectivity index (χ1v) is 5.08. The Balaban J connectivity index is 2.97. The first-order valence-electron chi connectivity index (χ1n) is 3.53. The summed E-state index contributed by atoms with van der Waals surface area (Å²) in [6.07, 6.45) is 3.24. The Morgan fingerprint density at radius 2 is 2.25 bits per heavy atom. The molecule has 0 saturated heterocycles. The number of hydrogen-bond donors (Lipinski definition) is 0. The van der Waals surface area contributed by atoms with E-state index in [0.717, 1.165) is 0 Å². The zero-order chi connectivity index (χ0) is 9.35. The average Bonchev–Trinajstić information content (AvgIpc) is 2.35. The highest BCUT2D eigenvalue weighted by atomic mass is 79.9. The first kappa shape index (κ1) is 10.4. The Hall–Kier alpha value is 0.270. The molecule has 0 bridgehead atoms. The van der Waals surface area contributed by atoms with Crippen LogP contribution in [0.25, 0.3) is 0 Å².